The zero-order valence-electron chi connectivity index (χ0n) is 18.8. The number of nitrogens with one attached hydrogen (secondary N) is 1. The number of rotatable bonds is 16. The molecule has 0 heterocycles. The van der Waals surface area contributed by atoms with Crippen LogP contribution in [0.1, 0.15) is 71.1 Å². The predicted octanol–water partition coefficient (Wildman–Crippen LogP) is 6.70. The first kappa shape index (κ1) is 25.6. The monoisotopic (exact) mass is 462 g/mol. The zero-order chi connectivity index (χ0) is 23.2. The molecule has 0 aliphatic rings. The number of unbranched alkanes of at least 4 members (excludes halogenated alkanes) is 9. The molecule has 2 aromatic rings. The molecule has 0 atom stereocenters. The van der Waals surface area contributed by atoms with E-state index in [1.54, 1.807) is 12.1 Å². The second-order valence-electron chi connectivity index (χ2n) is 7.91. The molecule has 0 saturated heterocycles. The largest absolute Gasteiger partial charge is 0.494 e. The molecule has 2 rings (SSSR count). The molecular formula is C24H34N2O5S. The van der Waals surface area contributed by atoms with Gasteiger partial charge in [0.2, 0.25) is 0 Å². The molecule has 0 aliphatic carbocycles. The summed E-state index contributed by atoms with van der Waals surface area (Å²) in [7, 11) is -3.78. The van der Waals surface area contributed by atoms with E-state index in [1.807, 2.05) is 0 Å². The van der Waals surface area contributed by atoms with Crippen LogP contribution in [0.2, 0.25) is 0 Å². The van der Waals surface area contributed by atoms with Gasteiger partial charge in [0.05, 0.1) is 16.4 Å². The van der Waals surface area contributed by atoms with Gasteiger partial charge in [0.15, 0.2) is 0 Å². The molecule has 8 heteroatoms. The van der Waals surface area contributed by atoms with Gasteiger partial charge >= 0.3 is 0 Å². The third-order valence-corrected chi connectivity index (χ3v) is 6.63. The second kappa shape index (κ2) is 13.7. The zero-order valence-corrected chi connectivity index (χ0v) is 19.6. The molecule has 176 valence electrons. The maximum atomic E-state index is 12.5. The van der Waals surface area contributed by atoms with Crippen LogP contribution >= 0.6 is 0 Å². The summed E-state index contributed by atoms with van der Waals surface area (Å²) in [4.78, 5) is 10.3. The molecule has 1 N–H and O–H groups in total. The van der Waals surface area contributed by atoms with Crippen molar-refractivity contribution in [3.05, 3.63) is 58.6 Å². The van der Waals surface area contributed by atoms with Crippen molar-refractivity contribution in [1.29, 1.82) is 0 Å². The van der Waals surface area contributed by atoms with Crippen LogP contribution in [0.25, 0.3) is 0 Å². The van der Waals surface area contributed by atoms with Crippen molar-refractivity contribution in [2.24, 2.45) is 0 Å². The molecule has 32 heavy (non-hydrogen) atoms. The number of benzene rings is 2. The lowest BCUT2D eigenvalue weighted by molar-refractivity contribution is -0.384. The summed E-state index contributed by atoms with van der Waals surface area (Å²) in [6.07, 6.45) is 12.6. The van der Waals surface area contributed by atoms with Gasteiger partial charge < -0.3 is 4.74 Å². The molecule has 0 amide bonds. The van der Waals surface area contributed by atoms with Gasteiger partial charge in [-0.25, -0.2) is 8.42 Å². The Bertz CT molecular complexity index is 912. The molecule has 7 nitrogen and oxygen atoms in total. The molecule has 0 fully saturated rings. The topological polar surface area (TPSA) is 98.5 Å². The summed E-state index contributed by atoms with van der Waals surface area (Å²) >= 11 is 0. The van der Waals surface area contributed by atoms with Crippen molar-refractivity contribution in [2.45, 2.75) is 76.0 Å². The molecular weight excluding hydrogens is 428 g/mol. The van der Waals surface area contributed by atoms with Crippen LogP contribution in [0.5, 0.6) is 5.75 Å². The number of nitro groups is 1. The van der Waals surface area contributed by atoms with E-state index in [0.29, 0.717) is 12.4 Å². The Hall–Kier alpha value is -2.61. The first-order chi connectivity index (χ1) is 15.4. The maximum absolute atomic E-state index is 12.5. The fourth-order valence-corrected chi connectivity index (χ4v) is 4.42. The van der Waals surface area contributed by atoms with E-state index in [4.69, 9.17) is 4.74 Å². The summed E-state index contributed by atoms with van der Waals surface area (Å²) in [6.45, 7) is 2.85. The quantitative estimate of drug-likeness (QED) is 0.170. The first-order valence-corrected chi connectivity index (χ1v) is 12.9. The number of hydrogen-bond acceptors (Lipinski definition) is 5. The van der Waals surface area contributed by atoms with Gasteiger partial charge in [0.1, 0.15) is 5.75 Å². The summed E-state index contributed by atoms with van der Waals surface area (Å²) < 4.78 is 33.2. The maximum Gasteiger partial charge on any atom is 0.269 e. The van der Waals surface area contributed by atoms with E-state index in [0.717, 1.165) is 12.8 Å². The highest BCUT2D eigenvalue weighted by Gasteiger charge is 2.15. The molecule has 0 radical (unpaired) electrons. The first-order valence-electron chi connectivity index (χ1n) is 11.4. The minimum atomic E-state index is -3.78. The van der Waals surface area contributed by atoms with Gasteiger partial charge in [0.25, 0.3) is 15.7 Å². The molecule has 2 aromatic carbocycles. The molecule has 0 saturated carbocycles. The minimum absolute atomic E-state index is 0.0992. The average Bonchev–Trinajstić information content (AvgIpc) is 2.78. The minimum Gasteiger partial charge on any atom is -0.494 e. The second-order valence-corrected chi connectivity index (χ2v) is 9.59. The number of non-ortho nitro benzene ring substituents is 1. The number of ether oxygens (including phenoxy) is 1. The highest BCUT2D eigenvalue weighted by atomic mass is 32.2. The highest BCUT2D eigenvalue weighted by molar-refractivity contribution is 7.92. The van der Waals surface area contributed by atoms with Gasteiger partial charge in [-0.3, -0.25) is 14.8 Å². The molecule has 0 bridgehead atoms. The normalized spacial score (nSPS) is 11.3. The summed E-state index contributed by atoms with van der Waals surface area (Å²) in [5.74, 6) is 0.634. The van der Waals surface area contributed by atoms with Crippen LogP contribution in [0.4, 0.5) is 11.4 Å². The third kappa shape index (κ3) is 9.26. The van der Waals surface area contributed by atoms with Gasteiger partial charge in [-0.15, -0.1) is 0 Å². The molecule has 0 unspecified atom stereocenters. The lowest BCUT2D eigenvalue weighted by Gasteiger charge is -2.10. The van der Waals surface area contributed by atoms with E-state index in [9.17, 15) is 18.5 Å². The Balaban J connectivity index is 1.68. The molecule has 0 aliphatic heterocycles. The van der Waals surface area contributed by atoms with Crippen molar-refractivity contribution in [2.75, 3.05) is 11.3 Å². The summed E-state index contributed by atoms with van der Waals surface area (Å²) in [5, 5.41) is 10.7. The van der Waals surface area contributed by atoms with E-state index >= 15 is 0 Å². The van der Waals surface area contributed by atoms with Gasteiger partial charge in [-0.2, -0.15) is 0 Å². The standard InChI is InChI=1S/C24H34N2O5S/c1-2-3-4-5-6-7-8-9-10-11-20-31-23-16-18-24(19-17-23)32(29,30)25-21-12-14-22(15-13-21)26(27)28/h12-19,25H,2-11,20H2,1H3. The Kier molecular flexibility index (Phi) is 11.0. The van der Waals surface area contributed by atoms with E-state index < -0.39 is 14.9 Å². The van der Waals surface area contributed by atoms with E-state index in [1.165, 1.54) is 87.8 Å². The van der Waals surface area contributed by atoms with Gasteiger partial charge in [-0.05, 0) is 42.8 Å². The Morgan fingerprint density at radius 3 is 1.88 bits per heavy atom. The van der Waals surface area contributed by atoms with Crippen LogP contribution in [-0.4, -0.2) is 19.9 Å². The Labute approximate surface area is 191 Å². The lowest BCUT2D eigenvalue weighted by Crippen LogP contribution is -2.12. The number of anilines is 1. The number of hydrogen-bond donors (Lipinski definition) is 1. The van der Waals surface area contributed by atoms with Crippen molar-refractivity contribution >= 4 is 21.4 Å². The van der Waals surface area contributed by atoms with Gasteiger partial charge in [-0.1, -0.05) is 64.7 Å². The number of nitrogens with zero attached hydrogens (tertiary/aromatic N) is 1. The number of sulfonamides is 1. The smallest absolute Gasteiger partial charge is 0.269 e. The molecule has 0 aromatic heterocycles. The van der Waals surface area contributed by atoms with Crippen LogP contribution < -0.4 is 9.46 Å². The Morgan fingerprint density at radius 1 is 0.812 bits per heavy atom. The van der Waals surface area contributed by atoms with Crippen LogP contribution in [0.15, 0.2) is 53.4 Å². The van der Waals surface area contributed by atoms with Crippen LogP contribution in [0.3, 0.4) is 0 Å². The summed E-state index contributed by atoms with van der Waals surface area (Å²) in [5.41, 5.74) is 0.161. The highest BCUT2D eigenvalue weighted by Crippen LogP contribution is 2.21. The summed E-state index contributed by atoms with van der Waals surface area (Å²) in [6, 6.07) is 11.5. The SMILES string of the molecule is CCCCCCCCCCCCOc1ccc(S(=O)(=O)Nc2ccc([N+](=O)[O-])cc2)cc1. The Morgan fingerprint density at radius 2 is 1.34 bits per heavy atom. The van der Waals surface area contributed by atoms with Crippen molar-refractivity contribution in [3.8, 4) is 5.75 Å². The van der Waals surface area contributed by atoms with E-state index in [-0.39, 0.29) is 16.3 Å². The van der Waals surface area contributed by atoms with Crippen molar-refractivity contribution in [3.63, 3.8) is 0 Å². The average molecular weight is 463 g/mol. The predicted molar refractivity (Wildman–Crippen MR) is 128 cm³/mol. The van der Waals surface area contributed by atoms with Crippen LogP contribution in [-0.2, 0) is 10.0 Å². The van der Waals surface area contributed by atoms with Crippen LogP contribution in [0, 0.1) is 10.1 Å². The van der Waals surface area contributed by atoms with E-state index in [2.05, 4.69) is 11.6 Å². The third-order valence-electron chi connectivity index (χ3n) is 5.23. The fourth-order valence-electron chi connectivity index (χ4n) is 3.36. The van der Waals surface area contributed by atoms with Crippen molar-refractivity contribution in [1.82, 2.24) is 0 Å². The number of nitro benzene ring substituents is 1. The van der Waals surface area contributed by atoms with Crippen molar-refractivity contribution < 1.29 is 18.1 Å². The molecule has 0 spiro atoms. The van der Waals surface area contributed by atoms with Gasteiger partial charge in [0, 0.05) is 17.8 Å². The fraction of sp³-hybridized carbons (Fsp3) is 0.500. The lowest BCUT2D eigenvalue weighted by atomic mass is 10.1.